The van der Waals surface area contributed by atoms with Crippen LogP contribution in [0.3, 0.4) is 0 Å². The highest BCUT2D eigenvalue weighted by atomic mass is 16.5. The van der Waals surface area contributed by atoms with Gasteiger partial charge >= 0.3 is 0 Å². The summed E-state index contributed by atoms with van der Waals surface area (Å²) in [6, 6.07) is 5.22. The molecule has 1 aliphatic rings. The van der Waals surface area contributed by atoms with E-state index in [2.05, 4.69) is 43.6 Å². The summed E-state index contributed by atoms with van der Waals surface area (Å²) < 4.78 is 5.89. The van der Waals surface area contributed by atoms with Gasteiger partial charge in [0.25, 0.3) is 0 Å². The van der Waals surface area contributed by atoms with E-state index in [4.69, 9.17) is 4.74 Å². The molecule has 0 spiro atoms. The lowest BCUT2D eigenvalue weighted by molar-refractivity contribution is 0.107. The first-order valence-corrected chi connectivity index (χ1v) is 7.47. The lowest BCUT2D eigenvalue weighted by atomic mass is 9.94. The summed E-state index contributed by atoms with van der Waals surface area (Å²) in [6.45, 7) is 9.84. The number of piperidine rings is 1. The number of likely N-dealkylation sites (tertiary alicyclic amines) is 1. The van der Waals surface area contributed by atoms with Gasteiger partial charge in [-0.15, -0.1) is 0 Å². The Hall–Kier alpha value is -1.09. The molecule has 19 heavy (non-hydrogen) atoms. The summed E-state index contributed by atoms with van der Waals surface area (Å²) in [5, 5.41) is 0. The number of ether oxygens (including phenoxy) is 1. The van der Waals surface area contributed by atoms with Crippen molar-refractivity contribution in [3.8, 4) is 5.88 Å². The third-order valence-electron chi connectivity index (χ3n) is 3.71. The van der Waals surface area contributed by atoms with Crippen LogP contribution in [0.1, 0.15) is 58.6 Å². The Bertz CT molecular complexity index is 403. The molecule has 106 valence electrons. The van der Waals surface area contributed by atoms with E-state index in [0.29, 0.717) is 12.1 Å². The predicted octanol–water partition coefficient (Wildman–Crippen LogP) is 3.80. The fourth-order valence-electron chi connectivity index (χ4n) is 2.88. The quantitative estimate of drug-likeness (QED) is 0.825. The molecule has 1 aliphatic heterocycles. The van der Waals surface area contributed by atoms with Crippen LogP contribution in [-0.2, 0) is 0 Å². The van der Waals surface area contributed by atoms with Crippen molar-refractivity contribution in [1.29, 1.82) is 0 Å². The molecule has 0 saturated carbocycles. The Balaban J connectivity index is 2.28. The van der Waals surface area contributed by atoms with Gasteiger partial charge in [0.15, 0.2) is 0 Å². The molecule has 1 aromatic heterocycles. The second-order valence-electron chi connectivity index (χ2n) is 5.91. The van der Waals surface area contributed by atoms with Crippen LogP contribution in [0.15, 0.2) is 18.3 Å². The molecule has 3 heteroatoms. The largest absolute Gasteiger partial charge is 0.475 e. The zero-order valence-corrected chi connectivity index (χ0v) is 12.6. The van der Waals surface area contributed by atoms with E-state index in [1.165, 1.54) is 31.4 Å². The minimum absolute atomic E-state index is 0.171. The molecule has 2 rings (SSSR count). The maximum absolute atomic E-state index is 5.89. The third-order valence-corrected chi connectivity index (χ3v) is 3.71. The van der Waals surface area contributed by atoms with Crippen LogP contribution in [0.4, 0.5) is 0 Å². The molecule has 2 heterocycles. The van der Waals surface area contributed by atoms with Crippen molar-refractivity contribution in [2.24, 2.45) is 0 Å². The highest BCUT2D eigenvalue weighted by Gasteiger charge is 2.28. The highest BCUT2D eigenvalue weighted by molar-refractivity contribution is 5.29. The fourth-order valence-corrected chi connectivity index (χ4v) is 2.88. The number of hydrogen-bond donors (Lipinski definition) is 0. The van der Waals surface area contributed by atoms with Crippen molar-refractivity contribution < 1.29 is 4.74 Å². The maximum Gasteiger partial charge on any atom is 0.218 e. The normalized spacial score (nSPS) is 21.1. The number of pyridine rings is 1. The van der Waals surface area contributed by atoms with E-state index in [9.17, 15) is 0 Å². The Morgan fingerprint density at radius 1 is 1.26 bits per heavy atom. The van der Waals surface area contributed by atoms with Crippen molar-refractivity contribution >= 4 is 0 Å². The first-order chi connectivity index (χ1) is 9.09. The Kier molecular flexibility index (Phi) is 4.81. The molecule has 0 bridgehead atoms. The van der Waals surface area contributed by atoms with Crippen LogP contribution in [0, 0.1) is 0 Å². The molecular weight excluding hydrogens is 236 g/mol. The Morgan fingerprint density at radius 2 is 2.05 bits per heavy atom. The van der Waals surface area contributed by atoms with Crippen LogP contribution < -0.4 is 4.74 Å². The molecule has 0 unspecified atom stereocenters. The van der Waals surface area contributed by atoms with Gasteiger partial charge in [-0.2, -0.15) is 0 Å². The van der Waals surface area contributed by atoms with Gasteiger partial charge in [-0.3, -0.25) is 4.90 Å². The Labute approximate surface area is 117 Å². The SMILES string of the molecule is CC(C)Oc1ncccc1[C@@H]1CCCCN1C(C)C. The van der Waals surface area contributed by atoms with Crippen molar-refractivity contribution in [2.45, 2.75) is 65.1 Å². The topological polar surface area (TPSA) is 25.4 Å². The highest BCUT2D eigenvalue weighted by Crippen LogP contribution is 2.36. The van der Waals surface area contributed by atoms with Crippen LogP contribution in [0.25, 0.3) is 0 Å². The van der Waals surface area contributed by atoms with Gasteiger partial charge in [0, 0.05) is 23.8 Å². The summed E-state index contributed by atoms with van der Waals surface area (Å²) in [5.74, 6) is 0.815. The molecule has 0 N–H and O–H groups in total. The van der Waals surface area contributed by atoms with Gasteiger partial charge in [0.1, 0.15) is 0 Å². The van der Waals surface area contributed by atoms with Crippen LogP contribution in [0.2, 0.25) is 0 Å². The zero-order chi connectivity index (χ0) is 13.8. The molecule has 0 aromatic carbocycles. The van der Waals surface area contributed by atoms with Gasteiger partial charge in [-0.25, -0.2) is 4.98 Å². The first kappa shape index (κ1) is 14.3. The number of nitrogens with zero attached hydrogens (tertiary/aromatic N) is 2. The third kappa shape index (κ3) is 3.47. The van der Waals surface area contributed by atoms with E-state index in [1.54, 1.807) is 0 Å². The van der Waals surface area contributed by atoms with Crippen molar-refractivity contribution in [3.63, 3.8) is 0 Å². The lowest BCUT2D eigenvalue weighted by Gasteiger charge is -2.39. The fraction of sp³-hybridized carbons (Fsp3) is 0.688. The molecule has 1 atom stereocenters. The number of rotatable bonds is 4. The molecule has 0 radical (unpaired) electrons. The average Bonchev–Trinajstić information content (AvgIpc) is 2.38. The van der Waals surface area contributed by atoms with Gasteiger partial charge in [0.2, 0.25) is 5.88 Å². The van der Waals surface area contributed by atoms with Gasteiger partial charge in [0.05, 0.1) is 6.10 Å². The molecule has 3 nitrogen and oxygen atoms in total. The molecule has 0 aliphatic carbocycles. The van der Waals surface area contributed by atoms with E-state index >= 15 is 0 Å². The molecule has 1 fully saturated rings. The summed E-state index contributed by atoms with van der Waals surface area (Å²) in [7, 11) is 0. The van der Waals surface area contributed by atoms with E-state index in [1.807, 2.05) is 12.3 Å². The second kappa shape index (κ2) is 6.38. The van der Waals surface area contributed by atoms with E-state index < -0.39 is 0 Å². The van der Waals surface area contributed by atoms with Crippen molar-refractivity contribution in [3.05, 3.63) is 23.9 Å². The lowest BCUT2D eigenvalue weighted by Crippen LogP contribution is -2.38. The average molecular weight is 262 g/mol. The van der Waals surface area contributed by atoms with Crippen molar-refractivity contribution in [1.82, 2.24) is 9.88 Å². The van der Waals surface area contributed by atoms with E-state index in [0.717, 1.165) is 5.88 Å². The summed E-state index contributed by atoms with van der Waals surface area (Å²) >= 11 is 0. The van der Waals surface area contributed by atoms with Crippen molar-refractivity contribution in [2.75, 3.05) is 6.54 Å². The first-order valence-electron chi connectivity index (χ1n) is 7.47. The summed E-state index contributed by atoms with van der Waals surface area (Å²) in [6.07, 6.45) is 5.80. The van der Waals surface area contributed by atoms with Crippen LogP contribution >= 0.6 is 0 Å². The summed E-state index contributed by atoms with van der Waals surface area (Å²) in [5.41, 5.74) is 1.25. The second-order valence-corrected chi connectivity index (χ2v) is 5.91. The molecular formula is C16H26N2O. The smallest absolute Gasteiger partial charge is 0.218 e. The van der Waals surface area contributed by atoms with Gasteiger partial charge < -0.3 is 4.74 Å². The summed E-state index contributed by atoms with van der Waals surface area (Å²) in [4.78, 5) is 7.02. The molecule has 1 aromatic rings. The van der Waals surface area contributed by atoms with Gasteiger partial charge in [-0.1, -0.05) is 12.5 Å². The number of hydrogen-bond acceptors (Lipinski definition) is 3. The van der Waals surface area contributed by atoms with Crippen LogP contribution in [-0.4, -0.2) is 28.6 Å². The molecule has 0 amide bonds. The monoisotopic (exact) mass is 262 g/mol. The standard InChI is InChI=1S/C16H26N2O/c1-12(2)18-11-6-5-9-15(18)14-8-7-10-17-16(14)19-13(3)4/h7-8,10,12-13,15H,5-6,9,11H2,1-4H3/t15-/m0/s1. The maximum atomic E-state index is 5.89. The minimum Gasteiger partial charge on any atom is -0.475 e. The minimum atomic E-state index is 0.171. The van der Waals surface area contributed by atoms with Gasteiger partial charge in [-0.05, 0) is 53.1 Å². The zero-order valence-electron chi connectivity index (χ0n) is 12.6. The predicted molar refractivity (Wildman–Crippen MR) is 78.4 cm³/mol. The van der Waals surface area contributed by atoms with E-state index in [-0.39, 0.29) is 6.10 Å². The van der Waals surface area contributed by atoms with Crippen LogP contribution in [0.5, 0.6) is 5.88 Å². The molecule has 1 saturated heterocycles. The Morgan fingerprint density at radius 3 is 2.74 bits per heavy atom. The number of aromatic nitrogens is 1.